The zero-order valence-electron chi connectivity index (χ0n) is 18.2. The van der Waals surface area contributed by atoms with Crippen LogP contribution in [-0.4, -0.2) is 54.3 Å². The topological polar surface area (TPSA) is 62.2 Å². The summed E-state index contributed by atoms with van der Waals surface area (Å²) in [5.41, 5.74) is 2.20. The standard InChI is InChI=1S/C24H30FN5O/c1-4-23(31)26-13-7-14-27-24-20-12-11-18(19-9-5-6-10-21(19)25)17-22(20)28-30(24)16-8-15-29(2)3/h4-6,9-12,17,27H,1,7-8,13-16H2,2-3H3,(H,26,31). The molecule has 164 valence electrons. The highest BCUT2D eigenvalue weighted by atomic mass is 19.1. The van der Waals surface area contributed by atoms with Crippen molar-refractivity contribution in [2.45, 2.75) is 19.4 Å². The molecule has 1 heterocycles. The number of hydrogen-bond acceptors (Lipinski definition) is 4. The van der Waals surface area contributed by atoms with Gasteiger partial charge in [-0.05, 0) is 63.3 Å². The van der Waals surface area contributed by atoms with Gasteiger partial charge in [0, 0.05) is 30.6 Å². The van der Waals surface area contributed by atoms with Crippen LogP contribution in [0.1, 0.15) is 12.8 Å². The van der Waals surface area contributed by atoms with Gasteiger partial charge in [-0.3, -0.25) is 4.79 Å². The van der Waals surface area contributed by atoms with E-state index in [1.165, 1.54) is 12.1 Å². The number of hydrogen-bond donors (Lipinski definition) is 2. The zero-order chi connectivity index (χ0) is 22.2. The van der Waals surface area contributed by atoms with Crippen molar-refractivity contribution < 1.29 is 9.18 Å². The number of halogens is 1. The van der Waals surface area contributed by atoms with Gasteiger partial charge in [0.05, 0.1) is 5.52 Å². The molecule has 1 amide bonds. The Balaban J connectivity index is 1.81. The average Bonchev–Trinajstić information content (AvgIpc) is 3.10. The third-order valence-corrected chi connectivity index (χ3v) is 5.03. The van der Waals surface area contributed by atoms with E-state index >= 15 is 0 Å². The fraction of sp³-hybridized carbons (Fsp3) is 0.333. The maximum Gasteiger partial charge on any atom is 0.243 e. The minimum atomic E-state index is -0.243. The number of amides is 1. The Bertz CT molecular complexity index is 1040. The van der Waals surface area contributed by atoms with Crippen LogP contribution in [0.25, 0.3) is 22.0 Å². The first kappa shape index (κ1) is 22.5. The van der Waals surface area contributed by atoms with Crippen LogP contribution in [-0.2, 0) is 11.3 Å². The Morgan fingerprint density at radius 1 is 1.19 bits per heavy atom. The lowest BCUT2D eigenvalue weighted by molar-refractivity contribution is -0.116. The maximum atomic E-state index is 14.2. The van der Waals surface area contributed by atoms with Gasteiger partial charge in [-0.2, -0.15) is 5.10 Å². The summed E-state index contributed by atoms with van der Waals surface area (Å²) in [5.74, 6) is 0.538. The first-order valence-corrected chi connectivity index (χ1v) is 10.5. The number of nitrogens with zero attached hydrogens (tertiary/aromatic N) is 3. The quantitative estimate of drug-likeness (QED) is 0.363. The van der Waals surface area contributed by atoms with E-state index < -0.39 is 0 Å². The van der Waals surface area contributed by atoms with Crippen LogP contribution in [0.2, 0.25) is 0 Å². The van der Waals surface area contributed by atoms with E-state index in [-0.39, 0.29) is 11.7 Å². The lowest BCUT2D eigenvalue weighted by Gasteiger charge is -2.13. The number of anilines is 1. The largest absolute Gasteiger partial charge is 0.370 e. The van der Waals surface area contributed by atoms with Gasteiger partial charge in [-0.25, -0.2) is 9.07 Å². The Morgan fingerprint density at radius 2 is 2.00 bits per heavy atom. The molecule has 0 radical (unpaired) electrons. The van der Waals surface area contributed by atoms with Crippen LogP contribution in [0.5, 0.6) is 0 Å². The monoisotopic (exact) mass is 423 g/mol. The Morgan fingerprint density at radius 3 is 2.74 bits per heavy atom. The number of rotatable bonds is 11. The van der Waals surface area contributed by atoms with E-state index in [0.29, 0.717) is 18.7 Å². The minimum Gasteiger partial charge on any atom is -0.370 e. The Hall–Kier alpha value is -3.19. The van der Waals surface area contributed by atoms with Crippen LogP contribution in [0, 0.1) is 5.82 Å². The van der Waals surface area contributed by atoms with E-state index in [1.54, 1.807) is 12.1 Å². The van der Waals surface area contributed by atoms with Crippen molar-refractivity contribution in [3.05, 3.63) is 60.9 Å². The lowest BCUT2D eigenvalue weighted by atomic mass is 10.0. The number of nitrogens with one attached hydrogen (secondary N) is 2. The molecule has 3 rings (SSSR count). The zero-order valence-corrected chi connectivity index (χ0v) is 18.2. The second kappa shape index (κ2) is 10.7. The van der Waals surface area contributed by atoms with Crippen LogP contribution in [0.3, 0.4) is 0 Å². The third-order valence-electron chi connectivity index (χ3n) is 5.03. The van der Waals surface area contributed by atoms with E-state index in [4.69, 9.17) is 5.10 Å². The molecule has 0 aliphatic heterocycles. The first-order chi connectivity index (χ1) is 15.0. The van der Waals surface area contributed by atoms with Crippen LogP contribution in [0.4, 0.5) is 10.2 Å². The van der Waals surface area contributed by atoms with Gasteiger partial charge in [0.25, 0.3) is 0 Å². The highest BCUT2D eigenvalue weighted by Crippen LogP contribution is 2.30. The highest BCUT2D eigenvalue weighted by Gasteiger charge is 2.13. The van der Waals surface area contributed by atoms with Gasteiger partial charge < -0.3 is 15.5 Å². The Labute approximate surface area is 182 Å². The predicted molar refractivity (Wildman–Crippen MR) is 125 cm³/mol. The molecule has 0 bridgehead atoms. The molecule has 0 spiro atoms. The molecule has 2 N–H and O–H groups in total. The van der Waals surface area contributed by atoms with Crippen molar-refractivity contribution in [2.24, 2.45) is 0 Å². The normalized spacial score (nSPS) is 11.1. The van der Waals surface area contributed by atoms with Crippen molar-refractivity contribution in [3.8, 4) is 11.1 Å². The molecule has 0 aliphatic carbocycles. The lowest BCUT2D eigenvalue weighted by Crippen LogP contribution is -2.24. The summed E-state index contributed by atoms with van der Waals surface area (Å²) in [4.78, 5) is 13.4. The Kier molecular flexibility index (Phi) is 7.78. The molecular formula is C24H30FN5O. The fourth-order valence-corrected chi connectivity index (χ4v) is 3.46. The van der Waals surface area contributed by atoms with E-state index in [2.05, 4.69) is 36.2 Å². The molecule has 1 aromatic heterocycles. The van der Waals surface area contributed by atoms with Gasteiger partial charge in [0.1, 0.15) is 11.6 Å². The summed E-state index contributed by atoms with van der Waals surface area (Å²) < 4.78 is 16.2. The summed E-state index contributed by atoms with van der Waals surface area (Å²) in [6.07, 6.45) is 3.01. The number of benzene rings is 2. The molecule has 2 aromatic carbocycles. The van der Waals surface area contributed by atoms with E-state index in [9.17, 15) is 9.18 Å². The molecule has 3 aromatic rings. The number of fused-ring (bicyclic) bond motifs is 1. The maximum absolute atomic E-state index is 14.2. The van der Waals surface area contributed by atoms with Crippen molar-refractivity contribution in [1.82, 2.24) is 20.0 Å². The highest BCUT2D eigenvalue weighted by molar-refractivity contribution is 5.93. The molecule has 0 saturated carbocycles. The summed E-state index contributed by atoms with van der Waals surface area (Å²) in [6.45, 7) is 6.46. The smallest absolute Gasteiger partial charge is 0.243 e. The number of aryl methyl sites for hydroxylation is 1. The molecule has 7 heteroatoms. The summed E-state index contributed by atoms with van der Waals surface area (Å²) >= 11 is 0. The molecular weight excluding hydrogens is 393 g/mol. The molecule has 0 fully saturated rings. The SMILES string of the molecule is C=CC(=O)NCCCNc1c2ccc(-c3ccccc3F)cc2nn1CCCN(C)C. The van der Waals surface area contributed by atoms with Crippen molar-refractivity contribution >= 4 is 22.6 Å². The summed E-state index contributed by atoms with van der Waals surface area (Å²) in [6, 6.07) is 12.6. The third kappa shape index (κ3) is 5.92. The van der Waals surface area contributed by atoms with Crippen LogP contribution >= 0.6 is 0 Å². The van der Waals surface area contributed by atoms with E-state index in [0.717, 1.165) is 48.2 Å². The van der Waals surface area contributed by atoms with Gasteiger partial charge >= 0.3 is 0 Å². The van der Waals surface area contributed by atoms with Gasteiger partial charge in [0.15, 0.2) is 0 Å². The molecule has 0 atom stereocenters. The second-order valence-corrected chi connectivity index (χ2v) is 7.72. The summed E-state index contributed by atoms with van der Waals surface area (Å²) in [7, 11) is 4.11. The fourth-order valence-electron chi connectivity index (χ4n) is 3.46. The van der Waals surface area contributed by atoms with Gasteiger partial charge in [-0.1, -0.05) is 30.8 Å². The minimum absolute atomic E-state index is 0.167. The van der Waals surface area contributed by atoms with Crippen molar-refractivity contribution in [3.63, 3.8) is 0 Å². The van der Waals surface area contributed by atoms with Crippen molar-refractivity contribution in [1.29, 1.82) is 0 Å². The number of aromatic nitrogens is 2. The molecule has 6 nitrogen and oxygen atoms in total. The van der Waals surface area contributed by atoms with E-state index in [1.807, 2.05) is 28.9 Å². The molecule has 31 heavy (non-hydrogen) atoms. The summed E-state index contributed by atoms with van der Waals surface area (Å²) in [5, 5.41) is 12.0. The molecule has 0 unspecified atom stereocenters. The van der Waals surface area contributed by atoms with Gasteiger partial charge in [0.2, 0.25) is 5.91 Å². The second-order valence-electron chi connectivity index (χ2n) is 7.72. The number of carbonyl (C=O) groups excluding carboxylic acids is 1. The molecule has 0 aliphatic rings. The predicted octanol–water partition coefficient (Wildman–Crippen LogP) is 3.90. The average molecular weight is 424 g/mol. The number of carbonyl (C=O) groups is 1. The van der Waals surface area contributed by atoms with Gasteiger partial charge in [-0.15, -0.1) is 0 Å². The van der Waals surface area contributed by atoms with Crippen LogP contribution < -0.4 is 10.6 Å². The van der Waals surface area contributed by atoms with Crippen LogP contribution in [0.15, 0.2) is 55.1 Å². The first-order valence-electron chi connectivity index (χ1n) is 10.5. The molecule has 0 saturated heterocycles. The van der Waals surface area contributed by atoms with Crippen molar-refractivity contribution in [2.75, 3.05) is 39.0 Å².